The fourth-order valence-corrected chi connectivity index (χ4v) is 2.50. The second kappa shape index (κ2) is 6.65. The average Bonchev–Trinajstić information content (AvgIpc) is 2.84. The summed E-state index contributed by atoms with van der Waals surface area (Å²) in [4.78, 5) is 2.24. The maximum absolute atomic E-state index is 12.1. The summed E-state index contributed by atoms with van der Waals surface area (Å²) in [6.45, 7) is 5.59. The molecule has 2 aromatic rings. The Morgan fingerprint density at radius 3 is 2.41 bits per heavy atom. The smallest absolute Gasteiger partial charge is 0.276 e. The van der Waals surface area contributed by atoms with Crippen molar-refractivity contribution in [3.63, 3.8) is 0 Å². The standard InChI is InChI=1S/C15H18N2O4S/c1-11(2)20-13-6-8-15(9-7-13)22(18,19)17-16-10-14-5-4-12(3)21-14/h4-11,17H,1-3H3/b16-10+. The maximum atomic E-state index is 12.1. The van der Waals surface area contributed by atoms with Gasteiger partial charge >= 0.3 is 0 Å². The number of furan rings is 1. The minimum absolute atomic E-state index is 0.0296. The molecule has 2 rings (SSSR count). The van der Waals surface area contributed by atoms with Crippen LogP contribution in [0.25, 0.3) is 0 Å². The molecule has 1 heterocycles. The van der Waals surface area contributed by atoms with Crippen molar-refractivity contribution >= 4 is 16.2 Å². The highest BCUT2D eigenvalue weighted by atomic mass is 32.2. The number of nitrogens with one attached hydrogen (secondary N) is 1. The highest BCUT2D eigenvalue weighted by Gasteiger charge is 2.12. The molecule has 0 saturated heterocycles. The van der Waals surface area contributed by atoms with E-state index >= 15 is 0 Å². The van der Waals surface area contributed by atoms with E-state index in [2.05, 4.69) is 9.93 Å². The van der Waals surface area contributed by atoms with E-state index in [0.717, 1.165) is 5.76 Å². The Bertz CT molecular complexity index is 746. The van der Waals surface area contributed by atoms with E-state index in [1.54, 1.807) is 31.2 Å². The Hall–Kier alpha value is -2.28. The molecular formula is C15H18N2O4S. The zero-order valence-electron chi connectivity index (χ0n) is 12.6. The van der Waals surface area contributed by atoms with E-state index < -0.39 is 10.0 Å². The Balaban J connectivity index is 2.05. The van der Waals surface area contributed by atoms with Gasteiger partial charge in [0.2, 0.25) is 0 Å². The predicted molar refractivity (Wildman–Crippen MR) is 83.6 cm³/mol. The van der Waals surface area contributed by atoms with Crippen LogP contribution in [0.15, 0.2) is 50.8 Å². The van der Waals surface area contributed by atoms with Crippen LogP contribution in [-0.4, -0.2) is 20.7 Å². The molecule has 1 N–H and O–H groups in total. The van der Waals surface area contributed by atoms with Gasteiger partial charge < -0.3 is 9.15 Å². The summed E-state index contributed by atoms with van der Waals surface area (Å²) in [6, 6.07) is 9.61. The summed E-state index contributed by atoms with van der Waals surface area (Å²) < 4.78 is 34.9. The molecule has 0 aliphatic carbocycles. The first-order valence-corrected chi connectivity index (χ1v) is 8.23. The maximum Gasteiger partial charge on any atom is 0.276 e. The van der Waals surface area contributed by atoms with Crippen LogP contribution < -0.4 is 9.57 Å². The molecule has 1 aromatic heterocycles. The molecule has 0 bridgehead atoms. The average molecular weight is 322 g/mol. The third-order valence-electron chi connectivity index (χ3n) is 2.63. The van der Waals surface area contributed by atoms with Crippen LogP contribution in [0.5, 0.6) is 5.75 Å². The molecule has 0 atom stereocenters. The number of ether oxygens (including phenoxy) is 1. The van der Waals surface area contributed by atoms with Crippen molar-refractivity contribution in [2.45, 2.75) is 31.8 Å². The van der Waals surface area contributed by atoms with Crippen LogP contribution in [0.1, 0.15) is 25.4 Å². The lowest BCUT2D eigenvalue weighted by Crippen LogP contribution is -2.18. The summed E-state index contributed by atoms with van der Waals surface area (Å²) >= 11 is 0. The fourth-order valence-electron chi connectivity index (χ4n) is 1.70. The molecule has 0 saturated carbocycles. The number of benzene rings is 1. The van der Waals surface area contributed by atoms with Crippen LogP contribution in [0, 0.1) is 6.92 Å². The lowest BCUT2D eigenvalue weighted by molar-refractivity contribution is 0.242. The van der Waals surface area contributed by atoms with E-state index in [0.29, 0.717) is 11.5 Å². The molecule has 0 unspecified atom stereocenters. The number of hydrazone groups is 1. The zero-order chi connectivity index (χ0) is 16.2. The van der Waals surface area contributed by atoms with Crippen LogP contribution in [0.3, 0.4) is 0 Å². The molecule has 22 heavy (non-hydrogen) atoms. The number of hydrogen-bond donors (Lipinski definition) is 1. The summed E-state index contributed by atoms with van der Waals surface area (Å²) in [7, 11) is -3.71. The fraction of sp³-hybridized carbons (Fsp3) is 0.267. The molecule has 0 spiro atoms. The number of hydrogen-bond acceptors (Lipinski definition) is 5. The number of nitrogens with zero attached hydrogens (tertiary/aromatic N) is 1. The quantitative estimate of drug-likeness (QED) is 0.655. The molecule has 0 fully saturated rings. The SMILES string of the molecule is Cc1ccc(/C=N/NS(=O)(=O)c2ccc(OC(C)C)cc2)o1. The van der Waals surface area contributed by atoms with Crippen molar-refractivity contribution in [2.75, 3.05) is 0 Å². The number of aryl methyl sites for hydroxylation is 1. The van der Waals surface area contributed by atoms with Crippen molar-refractivity contribution < 1.29 is 17.6 Å². The normalized spacial score (nSPS) is 12.0. The second-order valence-corrected chi connectivity index (χ2v) is 6.60. The third-order valence-corrected chi connectivity index (χ3v) is 3.87. The van der Waals surface area contributed by atoms with Gasteiger partial charge in [0.25, 0.3) is 10.0 Å². The topological polar surface area (TPSA) is 80.9 Å². The van der Waals surface area contributed by atoms with E-state index in [4.69, 9.17) is 9.15 Å². The first-order chi connectivity index (χ1) is 10.4. The van der Waals surface area contributed by atoms with Crippen molar-refractivity contribution in [2.24, 2.45) is 5.10 Å². The number of rotatable bonds is 6. The van der Waals surface area contributed by atoms with Crippen molar-refractivity contribution in [3.8, 4) is 5.75 Å². The highest BCUT2D eigenvalue weighted by Crippen LogP contribution is 2.17. The Morgan fingerprint density at radius 2 is 1.86 bits per heavy atom. The minimum atomic E-state index is -3.71. The van der Waals surface area contributed by atoms with E-state index in [1.165, 1.54) is 18.3 Å². The van der Waals surface area contributed by atoms with Gasteiger partial charge in [-0.25, -0.2) is 0 Å². The van der Waals surface area contributed by atoms with Crippen LogP contribution in [0.2, 0.25) is 0 Å². The van der Waals surface area contributed by atoms with E-state index in [9.17, 15) is 8.42 Å². The van der Waals surface area contributed by atoms with Crippen molar-refractivity contribution in [1.82, 2.24) is 4.83 Å². The monoisotopic (exact) mass is 322 g/mol. The lowest BCUT2D eigenvalue weighted by Gasteiger charge is -2.10. The van der Waals surface area contributed by atoms with Crippen LogP contribution in [-0.2, 0) is 10.0 Å². The first kappa shape index (κ1) is 16.1. The van der Waals surface area contributed by atoms with Gasteiger partial charge in [-0.05, 0) is 57.2 Å². The molecule has 6 nitrogen and oxygen atoms in total. The summed E-state index contributed by atoms with van der Waals surface area (Å²) in [6.07, 6.45) is 1.34. The van der Waals surface area contributed by atoms with Crippen LogP contribution in [0.4, 0.5) is 0 Å². The largest absolute Gasteiger partial charge is 0.491 e. The van der Waals surface area contributed by atoms with E-state index in [1.807, 2.05) is 13.8 Å². The highest BCUT2D eigenvalue weighted by molar-refractivity contribution is 7.89. The van der Waals surface area contributed by atoms with Gasteiger partial charge in [0.05, 0.1) is 17.2 Å². The minimum Gasteiger partial charge on any atom is -0.491 e. The molecule has 1 aromatic carbocycles. The van der Waals surface area contributed by atoms with Gasteiger partial charge in [-0.3, -0.25) is 0 Å². The molecule has 118 valence electrons. The third kappa shape index (κ3) is 4.36. The van der Waals surface area contributed by atoms with Gasteiger partial charge in [-0.2, -0.15) is 18.4 Å². The first-order valence-electron chi connectivity index (χ1n) is 6.75. The van der Waals surface area contributed by atoms with Gasteiger partial charge in [0.1, 0.15) is 17.3 Å². The van der Waals surface area contributed by atoms with Crippen molar-refractivity contribution in [3.05, 3.63) is 47.9 Å². The second-order valence-electron chi connectivity index (χ2n) is 4.94. The van der Waals surface area contributed by atoms with Crippen LogP contribution >= 0.6 is 0 Å². The van der Waals surface area contributed by atoms with Crippen molar-refractivity contribution in [1.29, 1.82) is 0 Å². The van der Waals surface area contributed by atoms with Gasteiger partial charge in [0, 0.05) is 0 Å². The summed E-state index contributed by atoms with van der Waals surface area (Å²) in [5.74, 6) is 1.81. The van der Waals surface area contributed by atoms with Gasteiger partial charge in [-0.15, -0.1) is 0 Å². The predicted octanol–water partition coefficient (Wildman–Crippen LogP) is 2.69. The zero-order valence-corrected chi connectivity index (χ0v) is 13.4. The summed E-state index contributed by atoms with van der Waals surface area (Å²) in [5, 5.41) is 3.69. The van der Waals surface area contributed by atoms with Gasteiger partial charge in [-0.1, -0.05) is 0 Å². The lowest BCUT2D eigenvalue weighted by atomic mass is 10.3. The molecular weight excluding hydrogens is 304 g/mol. The molecule has 0 aliphatic rings. The molecule has 0 amide bonds. The Morgan fingerprint density at radius 1 is 1.18 bits per heavy atom. The summed E-state index contributed by atoms with van der Waals surface area (Å²) in [5.41, 5.74) is 0. The molecule has 7 heteroatoms. The molecule has 0 radical (unpaired) electrons. The Kier molecular flexibility index (Phi) is 4.87. The number of sulfonamides is 1. The van der Waals surface area contributed by atoms with Gasteiger partial charge in [0.15, 0.2) is 0 Å². The molecule has 0 aliphatic heterocycles. The van der Waals surface area contributed by atoms with E-state index in [-0.39, 0.29) is 11.0 Å². The Labute approximate surface area is 129 Å².